The van der Waals surface area contributed by atoms with Gasteiger partial charge in [0.2, 0.25) is 0 Å². The number of aliphatic hydroxyl groups is 1. The fourth-order valence-electron chi connectivity index (χ4n) is 2.11. The van der Waals surface area contributed by atoms with Crippen LogP contribution >= 0.6 is 0 Å². The van der Waals surface area contributed by atoms with Gasteiger partial charge in [0.15, 0.2) is 0 Å². The summed E-state index contributed by atoms with van der Waals surface area (Å²) in [6, 6.07) is 4.52. The Morgan fingerprint density at radius 2 is 2.18 bits per heavy atom. The predicted molar refractivity (Wildman–Crippen MR) is 69.2 cm³/mol. The molecule has 4 nitrogen and oxygen atoms in total. The average Bonchev–Trinajstić information content (AvgIpc) is 2.33. The minimum atomic E-state index is -0.490. The van der Waals surface area contributed by atoms with Gasteiger partial charge in [-0.15, -0.1) is 0 Å². The van der Waals surface area contributed by atoms with Crippen LogP contribution in [0.3, 0.4) is 0 Å². The lowest BCUT2D eigenvalue weighted by Crippen LogP contribution is -2.50. The van der Waals surface area contributed by atoms with Crippen LogP contribution < -0.4 is 4.90 Å². The number of piperazine rings is 1. The number of nitrogens with zero attached hydrogens (tertiary/aromatic N) is 3. The monoisotopic (exact) mass is 235 g/mol. The predicted octanol–water partition coefficient (Wildman–Crippen LogP) is 1.28. The van der Waals surface area contributed by atoms with E-state index in [4.69, 9.17) is 0 Å². The fraction of sp³-hybridized carbons (Fsp3) is 0.615. The van der Waals surface area contributed by atoms with Gasteiger partial charge in [0.25, 0.3) is 0 Å². The van der Waals surface area contributed by atoms with E-state index < -0.39 is 6.10 Å². The first-order valence-corrected chi connectivity index (χ1v) is 6.17. The van der Waals surface area contributed by atoms with E-state index in [1.807, 2.05) is 18.3 Å². The van der Waals surface area contributed by atoms with Gasteiger partial charge in [-0.3, -0.25) is 4.98 Å². The van der Waals surface area contributed by atoms with Crippen molar-refractivity contribution in [2.45, 2.75) is 26.0 Å². The van der Waals surface area contributed by atoms with Gasteiger partial charge in [-0.1, -0.05) is 0 Å². The van der Waals surface area contributed by atoms with Crippen LogP contribution in [0.2, 0.25) is 0 Å². The molecule has 1 N–H and O–H groups in total. The lowest BCUT2D eigenvalue weighted by Gasteiger charge is -2.38. The van der Waals surface area contributed by atoms with Gasteiger partial charge in [-0.25, -0.2) is 0 Å². The first-order valence-electron chi connectivity index (χ1n) is 6.17. The van der Waals surface area contributed by atoms with Crippen molar-refractivity contribution in [3.8, 4) is 0 Å². The molecule has 0 aliphatic carbocycles. The topological polar surface area (TPSA) is 39.6 Å². The molecule has 94 valence electrons. The molecule has 1 unspecified atom stereocenters. The van der Waals surface area contributed by atoms with Gasteiger partial charge in [-0.05, 0) is 33.0 Å². The van der Waals surface area contributed by atoms with Gasteiger partial charge in [0.1, 0.15) is 0 Å². The number of anilines is 1. The van der Waals surface area contributed by atoms with Crippen LogP contribution in [0.15, 0.2) is 18.3 Å². The van der Waals surface area contributed by atoms with Crippen LogP contribution in [-0.4, -0.2) is 47.7 Å². The van der Waals surface area contributed by atoms with Crippen molar-refractivity contribution in [2.75, 3.05) is 31.6 Å². The Labute approximate surface area is 103 Å². The van der Waals surface area contributed by atoms with Gasteiger partial charge >= 0.3 is 0 Å². The van der Waals surface area contributed by atoms with E-state index in [0.717, 1.165) is 31.0 Å². The molecule has 17 heavy (non-hydrogen) atoms. The highest BCUT2D eigenvalue weighted by molar-refractivity contribution is 5.45. The Morgan fingerprint density at radius 1 is 1.41 bits per heavy atom. The summed E-state index contributed by atoms with van der Waals surface area (Å²) in [5, 5.41) is 9.42. The Kier molecular flexibility index (Phi) is 3.64. The second-order valence-electron chi connectivity index (χ2n) is 4.89. The largest absolute Gasteiger partial charge is 0.387 e. The van der Waals surface area contributed by atoms with E-state index in [-0.39, 0.29) is 0 Å². The molecule has 1 aliphatic rings. The molecule has 1 aromatic rings. The van der Waals surface area contributed by atoms with Gasteiger partial charge in [-0.2, -0.15) is 0 Å². The molecule has 1 aliphatic heterocycles. The van der Waals surface area contributed by atoms with Crippen molar-refractivity contribution in [3.05, 3.63) is 24.0 Å². The van der Waals surface area contributed by atoms with Crippen LogP contribution in [0.4, 0.5) is 5.69 Å². The molecule has 1 saturated heterocycles. The fourth-order valence-corrected chi connectivity index (χ4v) is 2.11. The van der Waals surface area contributed by atoms with E-state index in [9.17, 15) is 5.11 Å². The zero-order chi connectivity index (χ0) is 12.4. The van der Waals surface area contributed by atoms with E-state index >= 15 is 0 Å². The highest BCUT2D eigenvalue weighted by atomic mass is 16.3. The summed E-state index contributed by atoms with van der Waals surface area (Å²) in [5.74, 6) is 0. The van der Waals surface area contributed by atoms with Crippen LogP contribution in [-0.2, 0) is 0 Å². The van der Waals surface area contributed by atoms with E-state index in [0.29, 0.717) is 6.04 Å². The Balaban J connectivity index is 2.07. The van der Waals surface area contributed by atoms with Crippen molar-refractivity contribution in [3.63, 3.8) is 0 Å². The second kappa shape index (κ2) is 5.02. The Hall–Kier alpha value is -1.13. The second-order valence-corrected chi connectivity index (χ2v) is 4.89. The first-order chi connectivity index (χ1) is 8.08. The number of aliphatic hydroxyl groups excluding tert-OH is 1. The molecule has 1 aromatic heterocycles. The standard InChI is InChI=1S/C13H21N3O/c1-10-9-16(7-6-15(10)3)12-4-5-13(11(2)17)14-8-12/h4-5,8,10-11,17H,6-7,9H2,1-3H3/t10?,11-/m1/s1. The smallest absolute Gasteiger partial charge is 0.0931 e. The maximum absolute atomic E-state index is 9.42. The lowest BCUT2D eigenvalue weighted by molar-refractivity contribution is 0.194. The van der Waals surface area contributed by atoms with Crippen LogP contribution in [0.1, 0.15) is 25.6 Å². The number of rotatable bonds is 2. The molecule has 0 saturated carbocycles. The number of pyridine rings is 1. The molecule has 0 radical (unpaired) electrons. The summed E-state index contributed by atoms with van der Waals surface area (Å²) in [7, 11) is 2.16. The van der Waals surface area contributed by atoms with Crippen molar-refractivity contribution < 1.29 is 5.11 Å². The third-order valence-corrected chi connectivity index (χ3v) is 3.52. The molecule has 1 fully saturated rings. The Bertz CT molecular complexity index is 363. The quantitative estimate of drug-likeness (QED) is 0.838. The Morgan fingerprint density at radius 3 is 2.71 bits per heavy atom. The van der Waals surface area contributed by atoms with Crippen molar-refractivity contribution >= 4 is 5.69 Å². The number of hydrogen-bond acceptors (Lipinski definition) is 4. The molecule has 0 aromatic carbocycles. The van der Waals surface area contributed by atoms with E-state index in [2.05, 4.69) is 28.8 Å². The summed E-state index contributed by atoms with van der Waals surface area (Å²) in [6.45, 7) is 7.13. The summed E-state index contributed by atoms with van der Waals surface area (Å²) in [6.07, 6.45) is 1.37. The van der Waals surface area contributed by atoms with E-state index in [1.54, 1.807) is 6.92 Å². The zero-order valence-corrected chi connectivity index (χ0v) is 10.8. The average molecular weight is 235 g/mol. The highest BCUT2D eigenvalue weighted by Crippen LogP contribution is 2.19. The van der Waals surface area contributed by atoms with Crippen molar-refractivity contribution in [1.29, 1.82) is 0 Å². The normalized spacial score (nSPS) is 23.8. The van der Waals surface area contributed by atoms with Gasteiger partial charge in [0.05, 0.1) is 23.7 Å². The van der Waals surface area contributed by atoms with Crippen LogP contribution in [0.25, 0.3) is 0 Å². The summed E-state index contributed by atoms with van der Waals surface area (Å²) >= 11 is 0. The van der Waals surface area contributed by atoms with Crippen molar-refractivity contribution in [1.82, 2.24) is 9.88 Å². The number of aromatic nitrogens is 1. The molecule has 2 heterocycles. The zero-order valence-electron chi connectivity index (χ0n) is 10.8. The summed E-state index contributed by atoms with van der Waals surface area (Å²) in [5.41, 5.74) is 1.88. The van der Waals surface area contributed by atoms with E-state index in [1.165, 1.54) is 0 Å². The molecule has 0 spiro atoms. The maximum atomic E-state index is 9.42. The SMILES string of the molecule is CC1CN(c2ccc([C@@H](C)O)nc2)CCN1C. The molecule has 4 heteroatoms. The summed E-state index contributed by atoms with van der Waals surface area (Å²) < 4.78 is 0. The minimum absolute atomic E-state index is 0.490. The first kappa shape index (κ1) is 12.3. The third kappa shape index (κ3) is 2.76. The number of likely N-dealkylation sites (N-methyl/N-ethyl adjacent to an activating group) is 1. The minimum Gasteiger partial charge on any atom is -0.387 e. The summed E-state index contributed by atoms with van der Waals surface area (Å²) in [4.78, 5) is 9.01. The molecule has 0 amide bonds. The molecule has 2 rings (SSSR count). The van der Waals surface area contributed by atoms with Gasteiger partial charge in [0, 0.05) is 25.7 Å². The van der Waals surface area contributed by atoms with Crippen LogP contribution in [0, 0.1) is 0 Å². The van der Waals surface area contributed by atoms with Crippen LogP contribution in [0.5, 0.6) is 0 Å². The molecular weight excluding hydrogens is 214 g/mol. The molecule has 0 bridgehead atoms. The molecular formula is C13H21N3O. The lowest BCUT2D eigenvalue weighted by atomic mass is 10.2. The molecule has 2 atom stereocenters. The third-order valence-electron chi connectivity index (χ3n) is 3.52. The van der Waals surface area contributed by atoms with Gasteiger partial charge < -0.3 is 14.9 Å². The maximum Gasteiger partial charge on any atom is 0.0931 e. The van der Waals surface area contributed by atoms with Crippen molar-refractivity contribution in [2.24, 2.45) is 0 Å². The number of hydrogen-bond donors (Lipinski definition) is 1. The highest BCUT2D eigenvalue weighted by Gasteiger charge is 2.20.